The molecule has 0 radical (unpaired) electrons. The van der Waals surface area contributed by atoms with Gasteiger partial charge in [-0.3, -0.25) is 14.6 Å². The number of hydrogen-bond acceptors (Lipinski definition) is 5. The van der Waals surface area contributed by atoms with Crippen LogP contribution in [0, 0.1) is 5.82 Å². The first-order valence-corrected chi connectivity index (χ1v) is 12.3. The van der Waals surface area contributed by atoms with Crippen LogP contribution in [0.3, 0.4) is 0 Å². The zero-order valence-electron chi connectivity index (χ0n) is 19.2. The molecule has 5 rings (SSSR count). The van der Waals surface area contributed by atoms with Crippen molar-refractivity contribution in [1.29, 1.82) is 0 Å². The molecular formula is C27H27ClFN3O2S. The largest absolute Gasteiger partial charge is 0.379 e. The Morgan fingerprint density at radius 2 is 1.71 bits per heavy atom. The summed E-state index contributed by atoms with van der Waals surface area (Å²) in [5.74, 6) is -0.398. The van der Waals surface area contributed by atoms with Crippen molar-refractivity contribution >= 4 is 45.0 Å². The van der Waals surface area contributed by atoms with Gasteiger partial charge in [0.25, 0.3) is 5.91 Å². The van der Waals surface area contributed by atoms with Gasteiger partial charge in [-0.15, -0.1) is 12.4 Å². The Balaban J connectivity index is 0.00000289. The molecule has 0 unspecified atom stereocenters. The van der Waals surface area contributed by atoms with Gasteiger partial charge in [-0.05, 0) is 47.9 Å². The summed E-state index contributed by atoms with van der Waals surface area (Å²) < 4.78 is 19.9. The molecule has 2 heterocycles. The number of ether oxygens (including phenoxy) is 1. The SMILES string of the molecule is Cl.O=C(c1ccc(-c2ccccc2)cc1)N(CCCN1CCOCC1)c1nc2ccc(F)cc2s1. The number of hydrogen-bond donors (Lipinski definition) is 0. The molecule has 0 N–H and O–H groups in total. The molecule has 1 saturated heterocycles. The van der Waals surface area contributed by atoms with Crippen LogP contribution in [0.2, 0.25) is 0 Å². The predicted molar refractivity (Wildman–Crippen MR) is 142 cm³/mol. The number of benzene rings is 3. The van der Waals surface area contributed by atoms with Gasteiger partial charge in [-0.1, -0.05) is 53.8 Å². The van der Waals surface area contributed by atoms with Gasteiger partial charge in [0.2, 0.25) is 0 Å². The van der Waals surface area contributed by atoms with Crippen LogP contribution in [0.1, 0.15) is 16.8 Å². The fourth-order valence-electron chi connectivity index (χ4n) is 4.15. The van der Waals surface area contributed by atoms with Crippen molar-refractivity contribution in [3.8, 4) is 11.1 Å². The van der Waals surface area contributed by atoms with E-state index in [1.165, 1.54) is 23.5 Å². The molecule has 0 spiro atoms. The van der Waals surface area contributed by atoms with Gasteiger partial charge < -0.3 is 4.74 Å². The lowest BCUT2D eigenvalue weighted by Crippen LogP contribution is -2.39. The highest BCUT2D eigenvalue weighted by atomic mass is 35.5. The molecule has 35 heavy (non-hydrogen) atoms. The predicted octanol–water partition coefficient (Wildman–Crippen LogP) is 5.89. The first-order valence-electron chi connectivity index (χ1n) is 11.5. The minimum Gasteiger partial charge on any atom is -0.379 e. The zero-order valence-corrected chi connectivity index (χ0v) is 20.9. The molecule has 1 aliphatic rings. The Morgan fingerprint density at radius 3 is 2.46 bits per heavy atom. The number of morpholine rings is 1. The number of rotatable bonds is 7. The van der Waals surface area contributed by atoms with E-state index in [-0.39, 0.29) is 24.1 Å². The Kier molecular flexibility index (Phi) is 8.46. The number of halogens is 2. The molecule has 5 nitrogen and oxygen atoms in total. The van der Waals surface area contributed by atoms with Crippen molar-refractivity contribution < 1.29 is 13.9 Å². The van der Waals surface area contributed by atoms with Crippen molar-refractivity contribution in [2.45, 2.75) is 6.42 Å². The molecule has 1 aromatic heterocycles. The minimum atomic E-state index is -0.301. The molecule has 1 aliphatic heterocycles. The van der Waals surface area contributed by atoms with E-state index in [2.05, 4.69) is 22.0 Å². The highest BCUT2D eigenvalue weighted by Crippen LogP contribution is 2.31. The fraction of sp³-hybridized carbons (Fsp3) is 0.259. The van der Waals surface area contributed by atoms with Crippen molar-refractivity contribution in [2.75, 3.05) is 44.3 Å². The smallest absolute Gasteiger partial charge is 0.260 e. The number of fused-ring (bicyclic) bond motifs is 1. The van der Waals surface area contributed by atoms with Crippen LogP contribution in [0.5, 0.6) is 0 Å². The third-order valence-corrected chi connectivity index (χ3v) is 7.06. The summed E-state index contributed by atoms with van der Waals surface area (Å²) in [6.07, 6.45) is 0.818. The van der Waals surface area contributed by atoms with Crippen molar-refractivity contribution in [2.24, 2.45) is 0 Å². The Morgan fingerprint density at radius 1 is 1.00 bits per heavy atom. The number of thiazole rings is 1. The van der Waals surface area contributed by atoms with Crippen molar-refractivity contribution in [3.63, 3.8) is 0 Å². The molecule has 0 saturated carbocycles. The first kappa shape index (κ1) is 25.3. The standard InChI is InChI=1S/C27H26FN3O2S.ClH/c28-23-11-12-24-25(19-23)34-27(29-24)31(14-4-13-30-15-17-33-18-16-30)26(32)22-9-7-21(8-10-22)20-5-2-1-3-6-20;/h1-3,5-12,19H,4,13-18H2;1H. The Bertz CT molecular complexity index is 1260. The molecule has 3 aromatic carbocycles. The Hall–Kier alpha value is -2.84. The molecule has 8 heteroatoms. The highest BCUT2D eigenvalue weighted by Gasteiger charge is 2.22. The number of nitrogens with zero attached hydrogens (tertiary/aromatic N) is 3. The average Bonchev–Trinajstić information content (AvgIpc) is 3.30. The fourth-order valence-corrected chi connectivity index (χ4v) is 5.17. The van der Waals surface area contributed by atoms with Crippen LogP contribution in [0.15, 0.2) is 72.8 Å². The topological polar surface area (TPSA) is 45.7 Å². The molecule has 0 aliphatic carbocycles. The lowest BCUT2D eigenvalue weighted by molar-refractivity contribution is 0.0376. The van der Waals surface area contributed by atoms with E-state index >= 15 is 0 Å². The first-order chi connectivity index (χ1) is 16.7. The maximum absolute atomic E-state index is 13.7. The maximum Gasteiger partial charge on any atom is 0.260 e. The summed E-state index contributed by atoms with van der Waals surface area (Å²) in [6, 6.07) is 22.3. The van der Waals surface area contributed by atoms with Gasteiger partial charge in [0, 0.05) is 31.7 Å². The number of amides is 1. The number of anilines is 1. The number of carbonyl (C=O) groups excluding carboxylic acids is 1. The third kappa shape index (κ3) is 6.05. The van der Waals surface area contributed by atoms with Crippen LogP contribution >= 0.6 is 23.7 Å². The number of carbonyl (C=O) groups is 1. The molecule has 0 bridgehead atoms. The quantitative estimate of drug-likeness (QED) is 0.310. The Labute approximate surface area is 214 Å². The monoisotopic (exact) mass is 511 g/mol. The lowest BCUT2D eigenvalue weighted by Gasteiger charge is -2.27. The summed E-state index contributed by atoms with van der Waals surface area (Å²) >= 11 is 1.35. The summed E-state index contributed by atoms with van der Waals surface area (Å²) in [5.41, 5.74) is 3.48. The summed E-state index contributed by atoms with van der Waals surface area (Å²) in [5, 5.41) is 0.597. The molecular weight excluding hydrogens is 485 g/mol. The van der Waals surface area contributed by atoms with E-state index in [4.69, 9.17) is 4.74 Å². The van der Waals surface area contributed by atoms with E-state index in [9.17, 15) is 9.18 Å². The molecule has 1 amide bonds. The summed E-state index contributed by atoms with van der Waals surface area (Å²) in [7, 11) is 0. The second-order valence-electron chi connectivity index (χ2n) is 8.32. The van der Waals surface area contributed by atoms with Gasteiger partial charge in [0.05, 0.1) is 23.4 Å². The van der Waals surface area contributed by atoms with Gasteiger partial charge in [-0.25, -0.2) is 9.37 Å². The maximum atomic E-state index is 13.7. The lowest BCUT2D eigenvalue weighted by atomic mass is 10.0. The van der Waals surface area contributed by atoms with Crippen LogP contribution in [-0.2, 0) is 4.74 Å². The minimum absolute atomic E-state index is 0. The molecule has 0 atom stereocenters. The van der Waals surface area contributed by atoms with Crippen molar-refractivity contribution in [1.82, 2.24) is 9.88 Å². The molecule has 182 valence electrons. The van der Waals surface area contributed by atoms with Gasteiger partial charge in [0.15, 0.2) is 5.13 Å². The van der Waals surface area contributed by atoms with E-state index in [0.717, 1.165) is 55.1 Å². The average molecular weight is 512 g/mol. The van der Waals surface area contributed by atoms with E-state index < -0.39 is 0 Å². The second-order valence-corrected chi connectivity index (χ2v) is 9.33. The second kappa shape index (κ2) is 11.7. The molecule has 1 fully saturated rings. The van der Waals surface area contributed by atoms with Gasteiger partial charge >= 0.3 is 0 Å². The van der Waals surface area contributed by atoms with Gasteiger partial charge in [0.1, 0.15) is 5.82 Å². The van der Waals surface area contributed by atoms with Crippen LogP contribution in [0.4, 0.5) is 9.52 Å². The third-order valence-electron chi connectivity index (χ3n) is 6.01. The normalized spacial score (nSPS) is 14.0. The van der Waals surface area contributed by atoms with Crippen molar-refractivity contribution in [3.05, 3.63) is 84.2 Å². The van der Waals surface area contributed by atoms with E-state index in [0.29, 0.717) is 22.8 Å². The molecule has 4 aromatic rings. The van der Waals surface area contributed by atoms with Crippen LogP contribution in [0.25, 0.3) is 21.3 Å². The van der Waals surface area contributed by atoms with Crippen LogP contribution in [-0.4, -0.2) is 55.2 Å². The summed E-state index contributed by atoms with van der Waals surface area (Å²) in [6.45, 7) is 4.75. The van der Waals surface area contributed by atoms with Gasteiger partial charge in [-0.2, -0.15) is 0 Å². The van der Waals surface area contributed by atoms with E-state index in [1.54, 1.807) is 11.0 Å². The van der Waals surface area contributed by atoms with Crippen LogP contribution < -0.4 is 4.90 Å². The summed E-state index contributed by atoms with van der Waals surface area (Å²) in [4.78, 5) is 22.4. The zero-order chi connectivity index (χ0) is 23.3. The van der Waals surface area contributed by atoms with E-state index in [1.807, 2.05) is 42.5 Å². The highest BCUT2D eigenvalue weighted by molar-refractivity contribution is 7.22. The number of aromatic nitrogens is 1.